The molecule has 0 aliphatic heterocycles. The highest BCUT2D eigenvalue weighted by Gasteiger charge is 2.67. The van der Waals surface area contributed by atoms with E-state index in [-0.39, 0.29) is 5.82 Å². The van der Waals surface area contributed by atoms with Gasteiger partial charge >= 0.3 is 17.8 Å². The number of carbonyl (C=O) groups excluding carboxylic acids is 2. The average Bonchev–Trinajstić information content (AvgIpc) is 2.37. The third kappa shape index (κ3) is 3.84. The number of aromatic amines is 1. The molecule has 1 aromatic heterocycles. The predicted octanol–water partition coefficient (Wildman–Crippen LogP) is 1.24. The zero-order valence-electron chi connectivity index (χ0n) is 11.0. The molecule has 116 valence electrons. The highest BCUT2D eigenvalue weighted by Crippen LogP contribution is 2.32. The number of esters is 1. The first-order chi connectivity index (χ1) is 9.62. The quantitative estimate of drug-likeness (QED) is 0.617. The molecule has 3 N–H and O–H groups in total. The number of carbonyl (C=O) groups is 2. The normalized spacial score (nSPS) is 14.0. The van der Waals surface area contributed by atoms with Gasteiger partial charge in [-0.05, 0) is 22.0 Å². The highest BCUT2D eigenvalue weighted by atomic mass is 79.9. The Balaban J connectivity index is 3.30. The van der Waals surface area contributed by atoms with E-state index in [9.17, 15) is 22.8 Å². The van der Waals surface area contributed by atoms with Gasteiger partial charge in [0.1, 0.15) is 6.20 Å². The summed E-state index contributed by atoms with van der Waals surface area (Å²) in [6.07, 6.45) is -3.78. The van der Waals surface area contributed by atoms with Gasteiger partial charge in [-0.15, -0.1) is 0 Å². The molecule has 0 radical (unpaired) electrons. The van der Waals surface area contributed by atoms with Crippen molar-refractivity contribution < 1.29 is 32.5 Å². The van der Waals surface area contributed by atoms with Gasteiger partial charge < -0.3 is 4.74 Å². The molecule has 1 rings (SSSR count). The molecular formula is C11H12BrF3N3O3+. The molecule has 0 aromatic carbocycles. The molecule has 21 heavy (non-hydrogen) atoms. The van der Waals surface area contributed by atoms with Crippen LogP contribution in [-0.4, -0.2) is 30.8 Å². The first-order valence-corrected chi connectivity index (χ1v) is 6.31. The number of aromatic nitrogens is 1. The van der Waals surface area contributed by atoms with Crippen LogP contribution in [0.4, 0.5) is 19.0 Å². The maximum absolute atomic E-state index is 13.3. The number of rotatable bonds is 4. The molecule has 0 spiro atoms. The van der Waals surface area contributed by atoms with Crippen LogP contribution < -0.4 is 15.6 Å². The zero-order chi connectivity index (χ0) is 16.3. The van der Waals surface area contributed by atoms with E-state index in [0.29, 0.717) is 4.47 Å². The number of alkyl halides is 3. The number of nitrogens with one attached hydrogen (secondary N) is 3. The average molecular weight is 371 g/mol. The monoisotopic (exact) mass is 370 g/mol. The standard InChI is InChI=1S/C11H11BrF3N3O3/c1-6(19)17-10(9(20)21-2,11(13,14)15)18-8-4-3-7(12)5-16-8/h3-5H,1-2H3,(H,16,18)(H,17,19)/p+1/t10-/m1/s1. The van der Waals surface area contributed by atoms with E-state index in [2.05, 4.69) is 25.7 Å². The molecule has 0 aliphatic rings. The molecule has 0 fully saturated rings. The summed E-state index contributed by atoms with van der Waals surface area (Å²) >= 11 is 3.10. The van der Waals surface area contributed by atoms with Crippen LogP contribution in [0.15, 0.2) is 22.8 Å². The number of methoxy groups -OCH3 is 1. The van der Waals surface area contributed by atoms with Crippen molar-refractivity contribution in [1.82, 2.24) is 5.32 Å². The summed E-state index contributed by atoms with van der Waals surface area (Å²) in [6.45, 7) is 0.858. The molecule has 1 atom stereocenters. The largest absolute Gasteiger partial charge is 0.464 e. The molecule has 10 heteroatoms. The number of pyridine rings is 1. The number of halogens is 4. The second-order valence-corrected chi connectivity index (χ2v) is 4.88. The van der Waals surface area contributed by atoms with E-state index in [1.807, 2.05) is 5.32 Å². The zero-order valence-corrected chi connectivity index (χ0v) is 12.6. The summed E-state index contributed by atoms with van der Waals surface area (Å²) < 4.78 is 44.8. The number of hydrogen-bond acceptors (Lipinski definition) is 4. The lowest BCUT2D eigenvalue weighted by Gasteiger charge is -2.29. The van der Waals surface area contributed by atoms with Crippen molar-refractivity contribution in [2.75, 3.05) is 12.4 Å². The molecular weight excluding hydrogens is 359 g/mol. The van der Waals surface area contributed by atoms with E-state index in [0.717, 1.165) is 14.0 Å². The molecule has 0 saturated carbocycles. The number of ether oxygens (including phenoxy) is 1. The topological polar surface area (TPSA) is 81.6 Å². The van der Waals surface area contributed by atoms with Crippen molar-refractivity contribution in [3.05, 3.63) is 22.8 Å². The van der Waals surface area contributed by atoms with E-state index in [1.54, 1.807) is 5.32 Å². The van der Waals surface area contributed by atoms with Crippen LogP contribution in [0.1, 0.15) is 6.92 Å². The Morgan fingerprint density at radius 1 is 1.33 bits per heavy atom. The number of amides is 1. The lowest BCUT2D eigenvalue weighted by atomic mass is 10.1. The molecule has 6 nitrogen and oxygen atoms in total. The predicted molar refractivity (Wildman–Crippen MR) is 68.9 cm³/mol. The summed E-state index contributed by atoms with van der Waals surface area (Å²) in [6, 6.07) is 2.71. The molecule has 1 amide bonds. The van der Waals surface area contributed by atoms with Gasteiger partial charge in [0.25, 0.3) is 5.82 Å². The molecule has 1 heterocycles. The lowest BCUT2D eigenvalue weighted by molar-refractivity contribution is -0.363. The molecule has 0 saturated heterocycles. The Morgan fingerprint density at radius 2 is 1.95 bits per heavy atom. The maximum atomic E-state index is 13.3. The SMILES string of the molecule is COC(=O)[C@@](NC(C)=O)(Nc1ccc(Br)c[nH+]1)C(F)(F)F. The van der Waals surface area contributed by atoms with Crippen LogP contribution in [0.25, 0.3) is 0 Å². The van der Waals surface area contributed by atoms with Gasteiger partial charge in [0.2, 0.25) is 5.91 Å². The third-order valence-electron chi connectivity index (χ3n) is 2.38. The Labute approximate surface area is 126 Å². The molecule has 1 aromatic rings. The lowest BCUT2D eigenvalue weighted by Crippen LogP contribution is -2.69. The van der Waals surface area contributed by atoms with Crippen LogP contribution in [0.2, 0.25) is 0 Å². The van der Waals surface area contributed by atoms with Crippen molar-refractivity contribution >= 4 is 33.6 Å². The fourth-order valence-electron chi connectivity index (χ4n) is 1.49. The fraction of sp³-hybridized carbons (Fsp3) is 0.364. The van der Waals surface area contributed by atoms with Crippen LogP contribution >= 0.6 is 15.9 Å². The summed E-state index contributed by atoms with van der Waals surface area (Å²) in [5, 5.41) is 3.50. The van der Waals surface area contributed by atoms with Gasteiger partial charge in [-0.3, -0.25) is 10.1 Å². The number of hydrogen-bond donors (Lipinski definition) is 2. The second kappa shape index (κ2) is 6.29. The highest BCUT2D eigenvalue weighted by molar-refractivity contribution is 9.10. The van der Waals surface area contributed by atoms with Crippen LogP contribution in [-0.2, 0) is 14.3 Å². The smallest absolute Gasteiger partial charge is 0.464 e. The van der Waals surface area contributed by atoms with Gasteiger partial charge in [-0.25, -0.2) is 15.1 Å². The maximum Gasteiger partial charge on any atom is 0.464 e. The first-order valence-electron chi connectivity index (χ1n) is 5.51. The Morgan fingerprint density at radius 3 is 2.33 bits per heavy atom. The molecule has 0 unspecified atom stereocenters. The summed E-state index contributed by atoms with van der Waals surface area (Å²) in [4.78, 5) is 25.2. The number of H-pyrrole nitrogens is 1. The van der Waals surface area contributed by atoms with Crippen LogP contribution in [0.3, 0.4) is 0 Å². The van der Waals surface area contributed by atoms with E-state index < -0.39 is 23.7 Å². The minimum Gasteiger partial charge on any atom is -0.464 e. The number of anilines is 1. The van der Waals surface area contributed by atoms with Gasteiger partial charge in [-0.2, -0.15) is 13.2 Å². The van der Waals surface area contributed by atoms with Crippen molar-refractivity contribution in [2.24, 2.45) is 0 Å². The third-order valence-corrected chi connectivity index (χ3v) is 2.87. The fourth-order valence-corrected chi connectivity index (χ4v) is 1.74. The minimum absolute atomic E-state index is 0.144. The van der Waals surface area contributed by atoms with E-state index in [1.165, 1.54) is 18.3 Å². The van der Waals surface area contributed by atoms with Crippen molar-refractivity contribution in [3.8, 4) is 0 Å². The first kappa shape index (κ1) is 17.2. The minimum atomic E-state index is -5.13. The Bertz CT molecular complexity index is 536. The Kier molecular flexibility index (Phi) is 5.15. The van der Waals surface area contributed by atoms with Crippen molar-refractivity contribution in [2.45, 2.75) is 18.8 Å². The van der Waals surface area contributed by atoms with Gasteiger partial charge in [0, 0.05) is 13.0 Å². The van der Waals surface area contributed by atoms with E-state index >= 15 is 0 Å². The van der Waals surface area contributed by atoms with Gasteiger partial charge in [-0.1, -0.05) is 0 Å². The van der Waals surface area contributed by atoms with E-state index in [4.69, 9.17) is 0 Å². The summed E-state index contributed by atoms with van der Waals surface area (Å²) in [7, 11) is 0.789. The summed E-state index contributed by atoms with van der Waals surface area (Å²) in [5.41, 5.74) is -3.39. The van der Waals surface area contributed by atoms with Crippen molar-refractivity contribution in [3.63, 3.8) is 0 Å². The molecule has 0 aliphatic carbocycles. The Hall–Kier alpha value is -1.84. The molecule has 0 bridgehead atoms. The van der Waals surface area contributed by atoms with Crippen LogP contribution in [0, 0.1) is 0 Å². The second-order valence-electron chi connectivity index (χ2n) is 3.97. The van der Waals surface area contributed by atoms with Crippen molar-refractivity contribution in [1.29, 1.82) is 0 Å². The van der Waals surface area contributed by atoms with Gasteiger partial charge in [0.05, 0.1) is 11.6 Å². The van der Waals surface area contributed by atoms with Crippen LogP contribution in [0.5, 0.6) is 0 Å². The summed E-state index contributed by atoms with van der Waals surface area (Å²) in [5.74, 6) is -2.89. The van der Waals surface area contributed by atoms with Gasteiger partial charge in [0.15, 0.2) is 0 Å².